The van der Waals surface area contributed by atoms with Gasteiger partial charge in [-0.25, -0.2) is 9.97 Å². The lowest BCUT2D eigenvalue weighted by Gasteiger charge is -2.27. The molecule has 0 saturated heterocycles. The lowest BCUT2D eigenvalue weighted by molar-refractivity contribution is 0.0692. The molecular weight excluding hydrogens is 358 g/mol. The van der Waals surface area contributed by atoms with Gasteiger partial charge in [0.05, 0.1) is 11.3 Å². The summed E-state index contributed by atoms with van der Waals surface area (Å²) in [4.78, 5) is 24.7. The molecule has 0 radical (unpaired) electrons. The van der Waals surface area contributed by atoms with Gasteiger partial charge in [0.15, 0.2) is 5.65 Å². The van der Waals surface area contributed by atoms with Gasteiger partial charge in [0.25, 0.3) is 5.91 Å². The van der Waals surface area contributed by atoms with Crippen molar-refractivity contribution in [2.24, 2.45) is 0 Å². The minimum absolute atomic E-state index is 0.0126. The number of pyridine rings is 2. The smallest absolute Gasteiger partial charge is 0.255 e. The minimum Gasteiger partial charge on any atom is -0.332 e. The first kappa shape index (κ1) is 18.8. The van der Waals surface area contributed by atoms with Gasteiger partial charge in [-0.15, -0.1) is 0 Å². The summed E-state index contributed by atoms with van der Waals surface area (Å²) in [5.41, 5.74) is 4.04. The molecule has 0 spiro atoms. The number of rotatable bonds is 5. The molecule has 0 fully saturated rings. The van der Waals surface area contributed by atoms with Crippen LogP contribution in [0.2, 0.25) is 0 Å². The zero-order valence-electron chi connectivity index (χ0n) is 16.6. The molecule has 4 nitrogen and oxygen atoms in total. The molecule has 0 unspecified atom stereocenters. The maximum Gasteiger partial charge on any atom is 0.255 e. The Morgan fingerprint density at radius 2 is 1.62 bits per heavy atom. The Morgan fingerprint density at radius 1 is 0.931 bits per heavy atom. The fraction of sp³-hybridized carbons (Fsp3) is 0.160. The fourth-order valence-corrected chi connectivity index (χ4v) is 3.41. The van der Waals surface area contributed by atoms with E-state index in [9.17, 15) is 4.79 Å². The highest BCUT2D eigenvalue weighted by Gasteiger charge is 2.22. The molecular formula is C25H23N3O. The van der Waals surface area contributed by atoms with Gasteiger partial charge in [0, 0.05) is 29.7 Å². The van der Waals surface area contributed by atoms with Gasteiger partial charge in [-0.3, -0.25) is 4.79 Å². The van der Waals surface area contributed by atoms with E-state index in [0.717, 1.165) is 22.2 Å². The Kier molecular flexibility index (Phi) is 5.34. The molecule has 144 valence electrons. The Hall–Kier alpha value is -3.53. The van der Waals surface area contributed by atoms with E-state index >= 15 is 0 Å². The van der Waals surface area contributed by atoms with Gasteiger partial charge in [-0.1, -0.05) is 60.7 Å². The average Bonchev–Trinajstić information content (AvgIpc) is 2.77. The highest BCUT2D eigenvalue weighted by molar-refractivity contribution is 6.06. The molecule has 1 amide bonds. The van der Waals surface area contributed by atoms with Crippen molar-refractivity contribution in [2.75, 3.05) is 0 Å². The molecule has 4 heteroatoms. The highest BCUT2D eigenvalue weighted by atomic mass is 16.2. The lowest BCUT2D eigenvalue weighted by Crippen LogP contribution is -2.36. The van der Waals surface area contributed by atoms with Crippen LogP contribution in [0.4, 0.5) is 0 Å². The topological polar surface area (TPSA) is 46.1 Å². The summed E-state index contributed by atoms with van der Waals surface area (Å²) in [6.45, 7) is 4.64. The maximum absolute atomic E-state index is 13.7. The molecule has 0 aliphatic heterocycles. The van der Waals surface area contributed by atoms with Crippen molar-refractivity contribution in [1.82, 2.24) is 14.9 Å². The Morgan fingerprint density at radius 3 is 2.31 bits per heavy atom. The van der Waals surface area contributed by atoms with E-state index in [0.29, 0.717) is 17.8 Å². The van der Waals surface area contributed by atoms with E-state index in [4.69, 9.17) is 4.98 Å². The van der Waals surface area contributed by atoms with Gasteiger partial charge in [-0.05, 0) is 37.6 Å². The number of hydrogen-bond donors (Lipinski definition) is 0. The summed E-state index contributed by atoms with van der Waals surface area (Å²) < 4.78 is 0. The second kappa shape index (κ2) is 8.23. The SMILES string of the molecule is CC(C)N(Cc1ccccc1)C(=O)c1cc(-c2ccccc2)nc2ncccc12. The van der Waals surface area contributed by atoms with Crippen LogP contribution in [0.15, 0.2) is 85.1 Å². The zero-order chi connectivity index (χ0) is 20.2. The van der Waals surface area contributed by atoms with Crippen LogP contribution in [-0.4, -0.2) is 26.8 Å². The van der Waals surface area contributed by atoms with E-state index < -0.39 is 0 Å². The second-order valence-electron chi connectivity index (χ2n) is 7.31. The number of amides is 1. The Labute approximate surface area is 170 Å². The van der Waals surface area contributed by atoms with Gasteiger partial charge >= 0.3 is 0 Å². The average molecular weight is 381 g/mol. The van der Waals surface area contributed by atoms with Crippen molar-refractivity contribution < 1.29 is 4.79 Å². The predicted octanol–water partition coefficient (Wildman–Crippen LogP) is 5.35. The van der Waals surface area contributed by atoms with E-state index in [1.807, 2.05) is 97.6 Å². The van der Waals surface area contributed by atoms with Crippen molar-refractivity contribution in [3.8, 4) is 11.3 Å². The zero-order valence-corrected chi connectivity index (χ0v) is 16.6. The Balaban J connectivity index is 1.81. The largest absolute Gasteiger partial charge is 0.332 e. The molecule has 0 saturated carbocycles. The molecule has 0 atom stereocenters. The molecule has 29 heavy (non-hydrogen) atoms. The summed E-state index contributed by atoms with van der Waals surface area (Å²) in [6.07, 6.45) is 1.71. The molecule has 0 aliphatic rings. The first-order valence-electron chi connectivity index (χ1n) is 9.79. The first-order valence-corrected chi connectivity index (χ1v) is 9.79. The third kappa shape index (κ3) is 4.02. The quantitative estimate of drug-likeness (QED) is 0.468. The van der Waals surface area contributed by atoms with Crippen LogP contribution in [0.1, 0.15) is 29.8 Å². The van der Waals surface area contributed by atoms with Crippen LogP contribution in [0, 0.1) is 0 Å². The summed E-state index contributed by atoms with van der Waals surface area (Å²) in [5, 5.41) is 0.774. The lowest BCUT2D eigenvalue weighted by atomic mass is 10.0. The van der Waals surface area contributed by atoms with Crippen molar-refractivity contribution in [1.29, 1.82) is 0 Å². The molecule has 4 aromatic rings. The van der Waals surface area contributed by atoms with Crippen molar-refractivity contribution in [3.63, 3.8) is 0 Å². The first-order chi connectivity index (χ1) is 14.1. The second-order valence-corrected chi connectivity index (χ2v) is 7.31. The van der Waals surface area contributed by atoms with Gasteiger partial charge < -0.3 is 4.90 Å². The van der Waals surface area contributed by atoms with Crippen LogP contribution < -0.4 is 0 Å². The number of carbonyl (C=O) groups is 1. The normalized spacial score (nSPS) is 11.0. The fourth-order valence-electron chi connectivity index (χ4n) is 3.41. The molecule has 2 aromatic carbocycles. The van der Waals surface area contributed by atoms with Crippen LogP contribution >= 0.6 is 0 Å². The molecule has 2 aromatic heterocycles. The van der Waals surface area contributed by atoms with Gasteiger partial charge in [-0.2, -0.15) is 0 Å². The van der Waals surface area contributed by atoms with Crippen LogP contribution in [0.3, 0.4) is 0 Å². The van der Waals surface area contributed by atoms with Gasteiger partial charge in [0.1, 0.15) is 0 Å². The summed E-state index contributed by atoms with van der Waals surface area (Å²) >= 11 is 0. The van der Waals surface area contributed by atoms with Crippen molar-refractivity contribution >= 4 is 16.9 Å². The minimum atomic E-state index is -0.0126. The maximum atomic E-state index is 13.7. The Bertz CT molecular complexity index is 1120. The van der Waals surface area contributed by atoms with E-state index in [1.165, 1.54) is 0 Å². The molecule has 0 bridgehead atoms. The number of carbonyl (C=O) groups excluding carboxylic acids is 1. The molecule has 0 N–H and O–H groups in total. The van der Waals surface area contributed by atoms with E-state index in [1.54, 1.807) is 6.20 Å². The summed E-state index contributed by atoms with van der Waals surface area (Å²) in [6, 6.07) is 25.7. The third-order valence-electron chi connectivity index (χ3n) is 4.96. The van der Waals surface area contributed by atoms with Crippen molar-refractivity contribution in [2.45, 2.75) is 26.4 Å². The number of aromatic nitrogens is 2. The van der Waals surface area contributed by atoms with Crippen LogP contribution in [-0.2, 0) is 6.54 Å². The van der Waals surface area contributed by atoms with E-state index in [-0.39, 0.29) is 11.9 Å². The summed E-state index contributed by atoms with van der Waals surface area (Å²) in [7, 11) is 0. The molecule has 0 aliphatic carbocycles. The number of fused-ring (bicyclic) bond motifs is 1. The van der Waals surface area contributed by atoms with Gasteiger partial charge in [0.2, 0.25) is 0 Å². The number of nitrogens with zero attached hydrogens (tertiary/aromatic N) is 3. The van der Waals surface area contributed by atoms with E-state index in [2.05, 4.69) is 4.98 Å². The standard InChI is InChI=1S/C25H23N3O/c1-18(2)28(17-19-10-5-3-6-11-19)25(29)22-16-23(20-12-7-4-8-13-20)27-24-21(22)14-9-15-26-24/h3-16,18H,17H2,1-2H3. The van der Waals surface area contributed by atoms with Crippen LogP contribution in [0.25, 0.3) is 22.3 Å². The monoisotopic (exact) mass is 381 g/mol. The van der Waals surface area contributed by atoms with Crippen molar-refractivity contribution in [3.05, 3.63) is 96.2 Å². The molecule has 4 rings (SSSR count). The highest BCUT2D eigenvalue weighted by Crippen LogP contribution is 2.26. The third-order valence-corrected chi connectivity index (χ3v) is 4.96. The summed E-state index contributed by atoms with van der Waals surface area (Å²) in [5.74, 6) is -0.0126. The number of hydrogen-bond acceptors (Lipinski definition) is 3. The van der Waals surface area contributed by atoms with Crippen LogP contribution in [0.5, 0.6) is 0 Å². The number of benzene rings is 2. The molecule has 2 heterocycles. The predicted molar refractivity (Wildman–Crippen MR) is 116 cm³/mol.